The third kappa shape index (κ3) is 6.61. The Morgan fingerprint density at radius 1 is 1.06 bits per heavy atom. The van der Waals surface area contributed by atoms with E-state index < -0.39 is 6.09 Å². The van der Waals surface area contributed by atoms with Crippen LogP contribution in [0.5, 0.6) is 11.5 Å². The average Bonchev–Trinajstić information content (AvgIpc) is 2.83. The minimum absolute atomic E-state index is 0. The van der Waals surface area contributed by atoms with Gasteiger partial charge in [0.1, 0.15) is 18.8 Å². The Morgan fingerprint density at radius 3 is 2.47 bits per heavy atom. The maximum atomic E-state index is 11.5. The van der Waals surface area contributed by atoms with Crippen LogP contribution in [0.15, 0.2) is 36.7 Å². The van der Waals surface area contributed by atoms with E-state index in [0.717, 1.165) is 41.8 Å². The molecule has 34 heavy (non-hydrogen) atoms. The van der Waals surface area contributed by atoms with Crippen LogP contribution in [-0.4, -0.2) is 61.4 Å². The first-order chi connectivity index (χ1) is 16.0. The molecule has 0 saturated carbocycles. The van der Waals surface area contributed by atoms with Crippen LogP contribution in [-0.2, 0) is 4.74 Å². The van der Waals surface area contributed by atoms with Crippen molar-refractivity contribution in [2.24, 2.45) is 0 Å². The van der Waals surface area contributed by atoms with Crippen molar-refractivity contribution in [3.05, 3.63) is 42.2 Å². The number of benzene rings is 2. The summed E-state index contributed by atoms with van der Waals surface area (Å²) in [7, 11) is 2.95. The van der Waals surface area contributed by atoms with Gasteiger partial charge in [-0.2, -0.15) is 0 Å². The van der Waals surface area contributed by atoms with Crippen molar-refractivity contribution in [1.29, 1.82) is 0 Å². The number of aryl methyl sites for hydroxylation is 1. The molecule has 184 valence electrons. The number of amides is 1. The molecule has 0 atom stereocenters. The highest BCUT2D eigenvalue weighted by Crippen LogP contribution is 2.35. The first kappa shape index (κ1) is 26.9. The molecule has 1 aromatic heterocycles. The van der Waals surface area contributed by atoms with Gasteiger partial charge in [0.2, 0.25) is 0 Å². The summed E-state index contributed by atoms with van der Waals surface area (Å²) >= 11 is 0. The maximum absolute atomic E-state index is 11.5. The molecule has 2 aromatic carbocycles. The summed E-state index contributed by atoms with van der Waals surface area (Å²) in [5.41, 5.74) is 3.12. The number of hydrogen-bond acceptors (Lipinski definition) is 8. The molecule has 0 aliphatic rings. The summed E-state index contributed by atoms with van der Waals surface area (Å²) in [5.74, 6) is 1.91. The fourth-order valence-corrected chi connectivity index (χ4v) is 3.44. The number of methoxy groups -OCH3 is 2. The Labute approximate surface area is 206 Å². The van der Waals surface area contributed by atoms with E-state index in [9.17, 15) is 4.79 Å². The number of anilines is 3. The number of carbonyl (C=O) groups excluding carboxylic acids is 1. The Morgan fingerprint density at radius 2 is 1.82 bits per heavy atom. The molecular formula is C24H32ClN5O4. The molecule has 0 spiro atoms. The third-order valence-corrected chi connectivity index (χ3v) is 5.39. The fourth-order valence-electron chi connectivity index (χ4n) is 3.44. The van der Waals surface area contributed by atoms with Crippen molar-refractivity contribution in [3.63, 3.8) is 0 Å². The molecule has 9 nitrogen and oxygen atoms in total. The SMILES string of the molecule is CCN(CC)CCOc1cc2ncnc(Nc3ccc(NC(=O)OC)c(C)c3)c2cc1OC.Cl. The molecule has 0 bridgehead atoms. The van der Waals surface area contributed by atoms with E-state index in [2.05, 4.69) is 44.1 Å². The van der Waals surface area contributed by atoms with Gasteiger partial charge in [-0.15, -0.1) is 12.4 Å². The fraction of sp³-hybridized carbons (Fsp3) is 0.375. The molecule has 1 heterocycles. The van der Waals surface area contributed by atoms with Crippen molar-refractivity contribution in [2.45, 2.75) is 20.8 Å². The number of hydrogen-bond donors (Lipinski definition) is 2. The van der Waals surface area contributed by atoms with E-state index in [-0.39, 0.29) is 12.4 Å². The third-order valence-electron chi connectivity index (χ3n) is 5.39. The highest BCUT2D eigenvalue weighted by Gasteiger charge is 2.13. The van der Waals surface area contributed by atoms with Gasteiger partial charge in [-0.05, 0) is 49.8 Å². The smallest absolute Gasteiger partial charge is 0.411 e. The largest absolute Gasteiger partial charge is 0.493 e. The number of likely N-dealkylation sites (N-methyl/N-ethyl adjacent to an activating group) is 1. The zero-order valence-corrected chi connectivity index (χ0v) is 21.0. The standard InChI is InChI=1S/C24H31N5O4.ClH/c1-6-29(7-2)10-11-33-22-14-20-18(13-21(22)31-4)23(26-15-25-20)27-17-8-9-19(16(3)12-17)28-24(30)32-5;/h8-9,12-15H,6-7,10-11H2,1-5H3,(H,28,30)(H,25,26,27);1H. The zero-order valence-electron chi connectivity index (χ0n) is 20.2. The molecule has 0 aliphatic heterocycles. The van der Waals surface area contributed by atoms with Crippen LogP contribution in [0.2, 0.25) is 0 Å². The zero-order chi connectivity index (χ0) is 23.8. The number of nitrogens with zero attached hydrogens (tertiary/aromatic N) is 3. The van der Waals surface area contributed by atoms with Gasteiger partial charge in [0.05, 0.1) is 19.7 Å². The lowest BCUT2D eigenvalue weighted by Gasteiger charge is -2.19. The van der Waals surface area contributed by atoms with Gasteiger partial charge in [0, 0.05) is 29.4 Å². The molecule has 2 N–H and O–H groups in total. The monoisotopic (exact) mass is 489 g/mol. The van der Waals surface area contributed by atoms with E-state index >= 15 is 0 Å². The Kier molecular flexibility index (Phi) is 10.2. The Bertz CT molecular complexity index is 1110. The van der Waals surface area contributed by atoms with Gasteiger partial charge in [-0.3, -0.25) is 5.32 Å². The predicted octanol–water partition coefficient (Wildman–Crippen LogP) is 5.01. The van der Waals surface area contributed by atoms with Crippen LogP contribution in [0, 0.1) is 6.92 Å². The number of fused-ring (bicyclic) bond motifs is 1. The van der Waals surface area contributed by atoms with E-state index in [1.807, 2.05) is 31.2 Å². The molecule has 0 unspecified atom stereocenters. The van der Waals surface area contributed by atoms with Crippen LogP contribution in [0.4, 0.5) is 22.0 Å². The lowest BCUT2D eigenvalue weighted by molar-refractivity contribution is 0.187. The normalized spacial score (nSPS) is 10.5. The lowest BCUT2D eigenvalue weighted by Crippen LogP contribution is -2.27. The molecular weight excluding hydrogens is 458 g/mol. The summed E-state index contributed by atoms with van der Waals surface area (Å²) in [6.07, 6.45) is 0.999. The van der Waals surface area contributed by atoms with Gasteiger partial charge in [-0.1, -0.05) is 13.8 Å². The summed E-state index contributed by atoms with van der Waals surface area (Å²) in [6, 6.07) is 9.33. The summed E-state index contributed by atoms with van der Waals surface area (Å²) < 4.78 is 16.2. The molecule has 1 amide bonds. The van der Waals surface area contributed by atoms with Crippen LogP contribution in [0.1, 0.15) is 19.4 Å². The second-order valence-corrected chi connectivity index (χ2v) is 7.39. The molecule has 0 radical (unpaired) electrons. The first-order valence-electron chi connectivity index (χ1n) is 10.9. The molecule has 0 saturated heterocycles. The van der Waals surface area contributed by atoms with E-state index in [1.54, 1.807) is 13.2 Å². The van der Waals surface area contributed by atoms with Crippen molar-refractivity contribution >= 4 is 46.6 Å². The van der Waals surface area contributed by atoms with Gasteiger partial charge >= 0.3 is 6.09 Å². The molecule has 3 rings (SSSR count). The summed E-state index contributed by atoms with van der Waals surface area (Å²) in [5, 5.41) is 6.82. The van der Waals surface area contributed by atoms with Crippen LogP contribution >= 0.6 is 12.4 Å². The van der Waals surface area contributed by atoms with Crippen LogP contribution in [0.3, 0.4) is 0 Å². The number of rotatable bonds is 10. The molecule has 10 heteroatoms. The van der Waals surface area contributed by atoms with Crippen molar-refractivity contribution in [1.82, 2.24) is 14.9 Å². The highest BCUT2D eigenvalue weighted by molar-refractivity contribution is 5.93. The minimum atomic E-state index is -0.511. The minimum Gasteiger partial charge on any atom is -0.493 e. The van der Waals surface area contributed by atoms with E-state index in [0.29, 0.717) is 29.6 Å². The van der Waals surface area contributed by atoms with Gasteiger partial charge in [0.15, 0.2) is 11.5 Å². The van der Waals surface area contributed by atoms with Crippen molar-refractivity contribution in [3.8, 4) is 11.5 Å². The number of aromatic nitrogens is 2. The number of ether oxygens (including phenoxy) is 3. The molecule has 3 aromatic rings. The van der Waals surface area contributed by atoms with E-state index in [4.69, 9.17) is 9.47 Å². The Balaban J connectivity index is 0.00000408. The average molecular weight is 490 g/mol. The molecule has 0 fully saturated rings. The number of nitrogens with one attached hydrogen (secondary N) is 2. The van der Waals surface area contributed by atoms with E-state index in [1.165, 1.54) is 13.4 Å². The number of carbonyl (C=O) groups is 1. The predicted molar refractivity (Wildman–Crippen MR) is 137 cm³/mol. The number of halogens is 1. The second kappa shape index (κ2) is 12.8. The van der Waals surface area contributed by atoms with Gasteiger partial charge in [-0.25, -0.2) is 14.8 Å². The Hall–Kier alpha value is -3.30. The second-order valence-electron chi connectivity index (χ2n) is 7.39. The first-order valence-corrected chi connectivity index (χ1v) is 10.9. The van der Waals surface area contributed by atoms with Gasteiger partial charge < -0.3 is 24.4 Å². The van der Waals surface area contributed by atoms with Crippen LogP contribution in [0.25, 0.3) is 10.9 Å². The van der Waals surface area contributed by atoms with Crippen molar-refractivity contribution < 1.29 is 19.0 Å². The van der Waals surface area contributed by atoms with Gasteiger partial charge in [0.25, 0.3) is 0 Å². The molecule has 0 aliphatic carbocycles. The topological polar surface area (TPSA) is 97.8 Å². The quantitative estimate of drug-likeness (QED) is 0.410. The summed E-state index contributed by atoms with van der Waals surface area (Å²) in [6.45, 7) is 9.54. The van der Waals surface area contributed by atoms with Crippen molar-refractivity contribution in [2.75, 3.05) is 51.1 Å². The van der Waals surface area contributed by atoms with Crippen LogP contribution < -0.4 is 20.1 Å². The highest BCUT2D eigenvalue weighted by atomic mass is 35.5. The summed E-state index contributed by atoms with van der Waals surface area (Å²) in [4.78, 5) is 22.6. The maximum Gasteiger partial charge on any atom is 0.411 e. The lowest BCUT2D eigenvalue weighted by atomic mass is 10.1.